The molecule has 0 saturated carbocycles. The molecule has 1 aromatic carbocycles. The fourth-order valence-corrected chi connectivity index (χ4v) is 3.26. The van der Waals surface area contributed by atoms with Crippen molar-refractivity contribution in [2.45, 2.75) is 20.0 Å². The van der Waals surface area contributed by atoms with Crippen LogP contribution in [0.5, 0.6) is 0 Å². The minimum absolute atomic E-state index is 0.129. The summed E-state index contributed by atoms with van der Waals surface area (Å²) in [6.45, 7) is 3.73. The summed E-state index contributed by atoms with van der Waals surface area (Å²) in [4.78, 5) is 20.9. The fourth-order valence-electron chi connectivity index (χ4n) is 3.26. The fraction of sp³-hybridized carbons (Fsp3) is 0.143. The molecule has 0 saturated heterocycles. The van der Waals surface area contributed by atoms with Crippen molar-refractivity contribution in [1.82, 2.24) is 19.7 Å². The highest BCUT2D eigenvalue weighted by Crippen LogP contribution is 2.37. The van der Waals surface area contributed by atoms with E-state index >= 15 is 0 Å². The van der Waals surface area contributed by atoms with Gasteiger partial charge in [0.1, 0.15) is 0 Å². The second-order valence-corrected chi connectivity index (χ2v) is 6.76. The number of rotatable bonds is 3. The van der Waals surface area contributed by atoms with Crippen molar-refractivity contribution in [3.63, 3.8) is 0 Å². The molecular formula is C21H16F3N5O. The lowest BCUT2D eigenvalue weighted by Crippen LogP contribution is -2.20. The summed E-state index contributed by atoms with van der Waals surface area (Å²) >= 11 is 0. The van der Waals surface area contributed by atoms with Gasteiger partial charge >= 0.3 is 6.18 Å². The third kappa shape index (κ3) is 3.61. The van der Waals surface area contributed by atoms with Crippen LogP contribution in [-0.2, 0) is 6.18 Å². The number of nitrogens with zero attached hydrogens (tertiary/aromatic N) is 4. The Morgan fingerprint density at radius 2 is 1.80 bits per heavy atom. The summed E-state index contributed by atoms with van der Waals surface area (Å²) in [5.74, 6) is -0.386. The SMILES string of the molecule is Cc1cc(C)n(-c2ccc(NC(=O)c3cnc4ccccc4c3C(F)(F)F)cn2)n1. The highest BCUT2D eigenvalue weighted by molar-refractivity contribution is 6.07. The van der Waals surface area contributed by atoms with Gasteiger partial charge in [0, 0.05) is 17.3 Å². The van der Waals surface area contributed by atoms with E-state index in [0.717, 1.165) is 17.6 Å². The number of hydrogen-bond donors (Lipinski definition) is 1. The van der Waals surface area contributed by atoms with Crippen LogP contribution < -0.4 is 5.32 Å². The maximum Gasteiger partial charge on any atom is 0.417 e. The molecule has 6 nitrogen and oxygen atoms in total. The van der Waals surface area contributed by atoms with Gasteiger partial charge in [0.15, 0.2) is 5.82 Å². The number of alkyl halides is 3. The van der Waals surface area contributed by atoms with Gasteiger partial charge in [0.2, 0.25) is 0 Å². The van der Waals surface area contributed by atoms with Gasteiger partial charge in [-0.25, -0.2) is 9.67 Å². The van der Waals surface area contributed by atoms with E-state index in [1.807, 2.05) is 19.9 Å². The first kappa shape index (κ1) is 19.6. The second-order valence-electron chi connectivity index (χ2n) is 6.76. The molecular weight excluding hydrogens is 395 g/mol. The Morgan fingerprint density at radius 3 is 2.43 bits per heavy atom. The summed E-state index contributed by atoms with van der Waals surface area (Å²) in [6.07, 6.45) is -2.41. The summed E-state index contributed by atoms with van der Waals surface area (Å²) < 4.78 is 42.8. The van der Waals surface area contributed by atoms with E-state index in [1.165, 1.54) is 24.4 Å². The number of hydrogen-bond acceptors (Lipinski definition) is 4. The largest absolute Gasteiger partial charge is 0.417 e. The average molecular weight is 411 g/mol. The van der Waals surface area contributed by atoms with Gasteiger partial charge in [-0.15, -0.1) is 0 Å². The van der Waals surface area contributed by atoms with Crippen LogP contribution in [0, 0.1) is 13.8 Å². The second kappa shape index (κ2) is 7.25. The first-order valence-corrected chi connectivity index (χ1v) is 9.00. The maximum absolute atomic E-state index is 13.7. The van der Waals surface area contributed by atoms with Crippen LogP contribution in [0.15, 0.2) is 54.9 Å². The number of amides is 1. The van der Waals surface area contributed by atoms with Gasteiger partial charge in [0.25, 0.3) is 5.91 Å². The Bertz CT molecular complexity index is 1250. The quantitative estimate of drug-likeness (QED) is 0.530. The number of aromatic nitrogens is 4. The van der Waals surface area contributed by atoms with Crippen LogP contribution in [0.25, 0.3) is 16.7 Å². The smallest absolute Gasteiger partial charge is 0.321 e. The van der Waals surface area contributed by atoms with Crippen molar-refractivity contribution in [3.05, 3.63) is 77.4 Å². The molecule has 3 heterocycles. The number of halogens is 3. The highest BCUT2D eigenvalue weighted by atomic mass is 19.4. The molecule has 0 bridgehead atoms. The number of pyridine rings is 2. The van der Waals surface area contributed by atoms with Gasteiger partial charge in [-0.2, -0.15) is 18.3 Å². The Balaban J connectivity index is 1.66. The molecule has 30 heavy (non-hydrogen) atoms. The van der Waals surface area contributed by atoms with Crippen LogP contribution in [0.1, 0.15) is 27.3 Å². The number of para-hydroxylation sites is 1. The van der Waals surface area contributed by atoms with Crippen LogP contribution in [-0.4, -0.2) is 25.7 Å². The predicted molar refractivity (Wildman–Crippen MR) is 106 cm³/mol. The number of carbonyl (C=O) groups excluding carboxylic acids is 1. The first-order chi connectivity index (χ1) is 14.2. The number of aryl methyl sites for hydroxylation is 2. The van der Waals surface area contributed by atoms with Gasteiger partial charge < -0.3 is 5.32 Å². The summed E-state index contributed by atoms with van der Waals surface area (Å²) in [5, 5.41) is 6.65. The molecule has 0 fully saturated rings. The Kier molecular flexibility index (Phi) is 4.73. The highest BCUT2D eigenvalue weighted by Gasteiger charge is 2.37. The van der Waals surface area contributed by atoms with Gasteiger partial charge in [-0.3, -0.25) is 9.78 Å². The Morgan fingerprint density at radius 1 is 1.03 bits per heavy atom. The van der Waals surface area contributed by atoms with E-state index in [1.54, 1.807) is 22.9 Å². The van der Waals surface area contributed by atoms with Gasteiger partial charge in [-0.1, -0.05) is 18.2 Å². The topological polar surface area (TPSA) is 72.7 Å². The molecule has 0 spiro atoms. The Labute approximate surface area is 169 Å². The van der Waals surface area contributed by atoms with Crippen LogP contribution in [0.3, 0.4) is 0 Å². The minimum atomic E-state index is -4.72. The molecule has 0 unspecified atom stereocenters. The van der Waals surface area contributed by atoms with E-state index in [-0.39, 0.29) is 16.6 Å². The third-order valence-electron chi connectivity index (χ3n) is 4.54. The number of anilines is 1. The molecule has 152 valence electrons. The number of benzene rings is 1. The standard InChI is InChI=1S/C21H16F3N5O/c1-12-9-13(2)29(28-12)18-8-7-14(10-26-18)27-20(30)16-11-25-17-6-4-3-5-15(17)19(16)21(22,23)24/h3-11H,1-2H3,(H,27,30). The molecule has 9 heteroatoms. The van der Waals surface area contributed by atoms with E-state index in [9.17, 15) is 18.0 Å². The van der Waals surface area contributed by atoms with Crippen molar-refractivity contribution >= 4 is 22.5 Å². The van der Waals surface area contributed by atoms with E-state index < -0.39 is 23.2 Å². The molecule has 4 aromatic rings. The van der Waals surface area contributed by atoms with Gasteiger partial charge in [-0.05, 0) is 38.1 Å². The van der Waals surface area contributed by atoms with Crippen LogP contribution in [0.2, 0.25) is 0 Å². The van der Waals surface area contributed by atoms with Crippen LogP contribution >= 0.6 is 0 Å². The number of nitrogens with one attached hydrogen (secondary N) is 1. The lowest BCUT2D eigenvalue weighted by Gasteiger charge is -2.15. The normalized spacial score (nSPS) is 11.6. The first-order valence-electron chi connectivity index (χ1n) is 9.00. The summed E-state index contributed by atoms with van der Waals surface area (Å²) in [6, 6.07) is 10.9. The molecule has 1 N–H and O–H groups in total. The minimum Gasteiger partial charge on any atom is -0.321 e. The molecule has 0 aliphatic heterocycles. The number of carbonyl (C=O) groups is 1. The molecule has 0 radical (unpaired) electrons. The zero-order valence-electron chi connectivity index (χ0n) is 16.0. The molecule has 0 aliphatic rings. The predicted octanol–water partition coefficient (Wildman–Crippen LogP) is 4.70. The molecule has 0 aliphatic carbocycles. The lowest BCUT2D eigenvalue weighted by molar-refractivity contribution is -0.136. The molecule has 3 aromatic heterocycles. The van der Waals surface area contributed by atoms with E-state index in [4.69, 9.17) is 0 Å². The van der Waals surface area contributed by atoms with Crippen molar-refractivity contribution in [1.29, 1.82) is 0 Å². The number of fused-ring (bicyclic) bond motifs is 1. The molecule has 4 rings (SSSR count). The zero-order valence-corrected chi connectivity index (χ0v) is 16.0. The van der Waals surface area contributed by atoms with E-state index in [0.29, 0.717) is 5.82 Å². The Hall–Kier alpha value is -3.75. The van der Waals surface area contributed by atoms with Crippen molar-refractivity contribution < 1.29 is 18.0 Å². The average Bonchev–Trinajstić information content (AvgIpc) is 3.04. The van der Waals surface area contributed by atoms with E-state index in [2.05, 4.69) is 20.4 Å². The molecule has 1 amide bonds. The van der Waals surface area contributed by atoms with Crippen molar-refractivity contribution in [2.75, 3.05) is 5.32 Å². The zero-order chi connectivity index (χ0) is 21.5. The maximum atomic E-state index is 13.7. The van der Waals surface area contributed by atoms with Crippen LogP contribution in [0.4, 0.5) is 18.9 Å². The van der Waals surface area contributed by atoms with Gasteiger partial charge in [0.05, 0.1) is 34.2 Å². The monoisotopic (exact) mass is 411 g/mol. The summed E-state index contributed by atoms with van der Waals surface area (Å²) in [5.41, 5.74) is 0.564. The third-order valence-corrected chi connectivity index (χ3v) is 4.54. The molecule has 0 atom stereocenters. The van der Waals surface area contributed by atoms with Crippen molar-refractivity contribution in [2.24, 2.45) is 0 Å². The summed E-state index contributed by atoms with van der Waals surface area (Å²) in [7, 11) is 0. The van der Waals surface area contributed by atoms with Crippen molar-refractivity contribution in [3.8, 4) is 5.82 Å². The lowest BCUT2D eigenvalue weighted by atomic mass is 10.0.